The van der Waals surface area contributed by atoms with Crippen LogP contribution in [0.15, 0.2) is 30.3 Å². The summed E-state index contributed by atoms with van der Waals surface area (Å²) in [6, 6.07) is 5.65. The number of nitrogens with one attached hydrogen (secondary N) is 2. The van der Waals surface area contributed by atoms with E-state index in [2.05, 4.69) is 15.6 Å². The van der Waals surface area contributed by atoms with Gasteiger partial charge in [-0.1, -0.05) is 12.1 Å². The summed E-state index contributed by atoms with van der Waals surface area (Å²) in [5.74, 6) is -1.20. The number of likely N-dealkylation sites (N-methyl/N-ethyl adjacent to an activating group) is 1. The minimum Gasteiger partial charge on any atom is -0.357 e. The fourth-order valence-corrected chi connectivity index (χ4v) is 1.02. The molecule has 2 amide bonds. The lowest BCUT2D eigenvalue weighted by Gasteiger charge is -2.01. The second-order valence-corrected chi connectivity index (χ2v) is 3.31. The van der Waals surface area contributed by atoms with Crippen molar-refractivity contribution in [3.05, 3.63) is 41.7 Å². The van der Waals surface area contributed by atoms with Gasteiger partial charge >= 0.3 is 0 Å². The molecule has 0 unspecified atom stereocenters. The highest BCUT2D eigenvalue weighted by atomic mass is 19.1. The number of hydroxylamine groups is 1. The number of benzene rings is 1. The molecular formula is C12H13FN2O3. The Hall–Kier alpha value is -2.21. The lowest BCUT2D eigenvalue weighted by molar-refractivity contribution is -0.135. The number of amides is 2. The maximum absolute atomic E-state index is 12.6. The van der Waals surface area contributed by atoms with Crippen molar-refractivity contribution in [3.8, 4) is 0 Å². The highest BCUT2D eigenvalue weighted by Gasteiger charge is 1.99. The molecule has 6 heteroatoms. The fraction of sp³-hybridized carbons (Fsp3) is 0.167. The Bertz CT molecular complexity index is 443. The zero-order chi connectivity index (χ0) is 13.4. The normalized spacial score (nSPS) is 10.3. The van der Waals surface area contributed by atoms with Crippen molar-refractivity contribution in [3.63, 3.8) is 0 Å². The van der Waals surface area contributed by atoms with Crippen molar-refractivity contribution in [1.29, 1.82) is 0 Å². The maximum atomic E-state index is 12.6. The van der Waals surface area contributed by atoms with E-state index in [9.17, 15) is 14.0 Å². The van der Waals surface area contributed by atoms with Gasteiger partial charge in [-0.25, -0.2) is 9.87 Å². The van der Waals surface area contributed by atoms with Crippen LogP contribution in [0.4, 0.5) is 4.39 Å². The van der Waals surface area contributed by atoms with E-state index >= 15 is 0 Å². The number of carbonyl (C=O) groups is 2. The molecule has 96 valence electrons. The molecule has 1 aromatic carbocycles. The zero-order valence-corrected chi connectivity index (χ0v) is 9.77. The second kappa shape index (κ2) is 7.18. The molecule has 0 aliphatic rings. The monoisotopic (exact) mass is 252 g/mol. The third kappa shape index (κ3) is 5.22. The molecule has 0 bridgehead atoms. The molecule has 5 nitrogen and oxygen atoms in total. The van der Waals surface area contributed by atoms with Crippen molar-refractivity contribution in [2.75, 3.05) is 13.7 Å². The number of hydrogen-bond donors (Lipinski definition) is 2. The van der Waals surface area contributed by atoms with Crippen LogP contribution in [-0.2, 0) is 14.4 Å². The average Bonchev–Trinajstić information content (AvgIpc) is 2.38. The minimum atomic E-state index is -0.511. The molecule has 18 heavy (non-hydrogen) atoms. The average molecular weight is 252 g/mol. The minimum absolute atomic E-state index is 0.257. The van der Waals surface area contributed by atoms with Crippen LogP contribution in [0.25, 0.3) is 6.08 Å². The molecule has 0 saturated carbocycles. The van der Waals surface area contributed by atoms with Gasteiger partial charge in [-0.2, -0.15) is 0 Å². The van der Waals surface area contributed by atoms with Gasteiger partial charge in [-0.15, -0.1) is 0 Å². The molecule has 0 heterocycles. The number of rotatable bonds is 5. The fourth-order valence-electron chi connectivity index (χ4n) is 1.02. The summed E-state index contributed by atoms with van der Waals surface area (Å²) >= 11 is 0. The van der Waals surface area contributed by atoms with Crippen LogP contribution in [0.3, 0.4) is 0 Å². The van der Waals surface area contributed by atoms with Crippen LogP contribution in [0.2, 0.25) is 0 Å². The second-order valence-electron chi connectivity index (χ2n) is 3.31. The largest absolute Gasteiger partial charge is 0.357 e. The summed E-state index contributed by atoms with van der Waals surface area (Å²) in [7, 11) is 1.46. The predicted octanol–water partition coefficient (Wildman–Crippen LogP) is 0.633. The van der Waals surface area contributed by atoms with Gasteiger partial charge in [0.2, 0.25) is 5.91 Å². The van der Waals surface area contributed by atoms with Gasteiger partial charge in [0.15, 0.2) is 6.61 Å². The van der Waals surface area contributed by atoms with Crippen LogP contribution in [0, 0.1) is 5.82 Å². The summed E-state index contributed by atoms with van der Waals surface area (Å²) in [6.45, 7) is -0.257. The molecule has 0 aromatic heterocycles. The van der Waals surface area contributed by atoms with Crippen molar-refractivity contribution in [2.24, 2.45) is 0 Å². The summed E-state index contributed by atoms with van der Waals surface area (Å²) in [6.07, 6.45) is 2.72. The number of carbonyl (C=O) groups excluding carboxylic acids is 2. The van der Waals surface area contributed by atoms with E-state index < -0.39 is 5.91 Å². The first-order valence-corrected chi connectivity index (χ1v) is 5.18. The Morgan fingerprint density at radius 2 is 2.00 bits per heavy atom. The maximum Gasteiger partial charge on any atom is 0.267 e. The molecular weight excluding hydrogens is 239 g/mol. The van der Waals surface area contributed by atoms with Crippen LogP contribution in [-0.4, -0.2) is 25.5 Å². The summed E-state index contributed by atoms with van der Waals surface area (Å²) in [5.41, 5.74) is 2.75. The molecule has 0 aliphatic carbocycles. The lowest BCUT2D eigenvalue weighted by atomic mass is 10.2. The van der Waals surface area contributed by atoms with Crippen LogP contribution >= 0.6 is 0 Å². The van der Waals surface area contributed by atoms with Gasteiger partial charge in [0, 0.05) is 13.1 Å². The molecule has 0 atom stereocenters. The molecule has 2 N–H and O–H groups in total. The van der Waals surface area contributed by atoms with E-state index in [4.69, 9.17) is 0 Å². The van der Waals surface area contributed by atoms with Crippen LogP contribution < -0.4 is 10.8 Å². The smallest absolute Gasteiger partial charge is 0.267 e. The van der Waals surface area contributed by atoms with Crippen LogP contribution in [0.1, 0.15) is 5.56 Å². The van der Waals surface area contributed by atoms with E-state index in [1.807, 2.05) is 0 Å². The summed E-state index contributed by atoms with van der Waals surface area (Å²) < 4.78 is 12.6. The van der Waals surface area contributed by atoms with Gasteiger partial charge in [-0.3, -0.25) is 14.4 Å². The van der Waals surface area contributed by atoms with Gasteiger partial charge < -0.3 is 5.32 Å². The Labute approximate surface area is 104 Å². The van der Waals surface area contributed by atoms with Gasteiger partial charge in [-0.05, 0) is 23.8 Å². The molecule has 0 saturated heterocycles. The van der Waals surface area contributed by atoms with Gasteiger partial charge in [0.1, 0.15) is 5.82 Å². The van der Waals surface area contributed by atoms with E-state index in [1.165, 1.54) is 43.5 Å². The van der Waals surface area contributed by atoms with Crippen molar-refractivity contribution in [2.45, 2.75) is 0 Å². The predicted molar refractivity (Wildman–Crippen MR) is 63.6 cm³/mol. The van der Waals surface area contributed by atoms with E-state index in [0.29, 0.717) is 5.56 Å². The molecule has 0 radical (unpaired) electrons. The number of hydrogen-bond acceptors (Lipinski definition) is 3. The van der Waals surface area contributed by atoms with Crippen molar-refractivity contribution >= 4 is 17.9 Å². The standard InChI is InChI=1S/C12H13FN2O3/c1-14-12(17)8-18-15-11(16)7-4-9-2-5-10(13)6-3-9/h2-7H,8H2,1H3,(H,14,17)(H,15,16)/b7-4+. The Balaban J connectivity index is 2.35. The zero-order valence-electron chi connectivity index (χ0n) is 9.77. The van der Waals surface area contributed by atoms with E-state index in [0.717, 1.165) is 0 Å². The Morgan fingerprint density at radius 3 is 2.61 bits per heavy atom. The molecule has 1 rings (SSSR count). The first kappa shape index (κ1) is 13.9. The SMILES string of the molecule is CNC(=O)CONC(=O)/C=C/c1ccc(F)cc1. The topological polar surface area (TPSA) is 67.4 Å². The lowest BCUT2D eigenvalue weighted by Crippen LogP contribution is -2.30. The van der Waals surface area contributed by atoms with E-state index in [-0.39, 0.29) is 18.3 Å². The van der Waals surface area contributed by atoms with Crippen molar-refractivity contribution in [1.82, 2.24) is 10.8 Å². The molecule has 0 fully saturated rings. The van der Waals surface area contributed by atoms with E-state index in [1.54, 1.807) is 0 Å². The van der Waals surface area contributed by atoms with Gasteiger partial charge in [0.05, 0.1) is 0 Å². The van der Waals surface area contributed by atoms with Crippen molar-refractivity contribution < 1.29 is 18.8 Å². The van der Waals surface area contributed by atoms with Crippen LogP contribution in [0.5, 0.6) is 0 Å². The third-order valence-electron chi connectivity index (χ3n) is 1.95. The summed E-state index contributed by atoms with van der Waals surface area (Å²) in [5, 5.41) is 2.33. The molecule has 0 spiro atoms. The molecule has 1 aromatic rings. The number of halogens is 1. The Kier molecular flexibility index (Phi) is 5.53. The first-order valence-electron chi connectivity index (χ1n) is 5.18. The highest BCUT2D eigenvalue weighted by Crippen LogP contribution is 2.04. The third-order valence-corrected chi connectivity index (χ3v) is 1.95. The molecule has 0 aliphatic heterocycles. The van der Waals surface area contributed by atoms with Gasteiger partial charge in [0.25, 0.3) is 5.91 Å². The quantitative estimate of drug-likeness (QED) is 0.596. The highest BCUT2D eigenvalue weighted by molar-refractivity contribution is 5.91. The Morgan fingerprint density at radius 1 is 1.33 bits per heavy atom. The summed E-state index contributed by atoms with van der Waals surface area (Å²) in [4.78, 5) is 26.6. The first-order chi connectivity index (χ1) is 8.61.